The van der Waals surface area contributed by atoms with E-state index in [0.29, 0.717) is 5.56 Å². The molecule has 1 heteroatoms. The lowest BCUT2D eigenvalue weighted by Gasteiger charge is -2.07. The molecule has 0 fully saturated rings. The van der Waals surface area contributed by atoms with Crippen molar-refractivity contribution >= 4 is 0 Å². The van der Waals surface area contributed by atoms with Crippen LogP contribution in [0, 0.1) is 11.3 Å². The van der Waals surface area contributed by atoms with Crippen molar-refractivity contribution in [3.63, 3.8) is 0 Å². The van der Waals surface area contributed by atoms with E-state index >= 15 is 0 Å². The number of benzene rings is 3. The summed E-state index contributed by atoms with van der Waals surface area (Å²) >= 11 is 0. The van der Waals surface area contributed by atoms with Gasteiger partial charge in [0.1, 0.15) is 0 Å². The fourth-order valence-corrected chi connectivity index (χ4v) is 2.29. The molecule has 0 N–H and O–H groups in total. The Kier molecular flexibility index (Phi) is 5.51. The Morgan fingerprint density at radius 2 is 1.00 bits per heavy atom. The van der Waals surface area contributed by atoms with E-state index in [-0.39, 0.29) is 0 Å². The quantitative estimate of drug-likeness (QED) is 0.573. The number of nitriles is 1. The molecule has 0 radical (unpaired) electrons. The van der Waals surface area contributed by atoms with Crippen LogP contribution < -0.4 is 0 Å². The van der Waals surface area contributed by atoms with Crippen molar-refractivity contribution in [3.8, 4) is 28.3 Å². The maximum Gasteiger partial charge on any atom is 0.0992 e. The zero-order chi connectivity index (χ0) is 15.8. The summed E-state index contributed by atoms with van der Waals surface area (Å²) in [4.78, 5) is 0. The highest BCUT2D eigenvalue weighted by atomic mass is 14.2. The van der Waals surface area contributed by atoms with E-state index in [4.69, 9.17) is 0 Å². The first kappa shape index (κ1) is 15.5. The van der Waals surface area contributed by atoms with E-state index in [0.717, 1.165) is 22.3 Å². The third-order valence-corrected chi connectivity index (χ3v) is 3.28. The molecule has 0 atom stereocenters. The van der Waals surface area contributed by atoms with Crippen molar-refractivity contribution in [1.82, 2.24) is 0 Å². The summed E-state index contributed by atoms with van der Waals surface area (Å²) in [6.07, 6.45) is 0. The molecule has 3 rings (SSSR count). The van der Waals surface area contributed by atoms with Gasteiger partial charge < -0.3 is 0 Å². The molecule has 0 aliphatic heterocycles. The summed E-state index contributed by atoms with van der Waals surface area (Å²) in [5.74, 6) is 0. The minimum atomic E-state index is 0.685. The smallest absolute Gasteiger partial charge is 0.0992 e. The lowest BCUT2D eigenvalue weighted by atomic mass is 9.96. The molecule has 0 saturated heterocycles. The van der Waals surface area contributed by atoms with Crippen LogP contribution in [0.15, 0.2) is 78.9 Å². The first-order chi connectivity index (χ1) is 10.9. The zero-order valence-corrected chi connectivity index (χ0v) is 13.0. The minimum Gasteiger partial charge on any atom is -0.192 e. The summed E-state index contributed by atoms with van der Waals surface area (Å²) in [6, 6.07) is 28.5. The van der Waals surface area contributed by atoms with E-state index in [9.17, 15) is 5.26 Å². The average molecular weight is 285 g/mol. The third-order valence-electron chi connectivity index (χ3n) is 3.28. The van der Waals surface area contributed by atoms with Crippen molar-refractivity contribution in [2.24, 2.45) is 0 Å². The van der Waals surface area contributed by atoms with Crippen LogP contribution in [0.1, 0.15) is 19.4 Å². The van der Waals surface area contributed by atoms with Gasteiger partial charge >= 0.3 is 0 Å². The monoisotopic (exact) mass is 285 g/mol. The summed E-state index contributed by atoms with van der Waals surface area (Å²) in [5.41, 5.74) is 5.08. The van der Waals surface area contributed by atoms with Crippen molar-refractivity contribution in [1.29, 1.82) is 5.26 Å². The van der Waals surface area contributed by atoms with Crippen molar-refractivity contribution < 1.29 is 0 Å². The standard InChI is InChI=1S/C19H13N.C2H6/c20-14-15-11-18(16-7-3-1-4-8-16)13-19(12-15)17-9-5-2-6-10-17;1-2/h1-13H;1-2H3. The lowest BCUT2D eigenvalue weighted by Crippen LogP contribution is -1.84. The SMILES string of the molecule is CC.N#Cc1cc(-c2ccccc2)cc(-c2ccccc2)c1. The second-order valence-corrected chi connectivity index (χ2v) is 4.64. The molecule has 108 valence electrons. The van der Waals surface area contributed by atoms with Crippen LogP contribution in [-0.4, -0.2) is 0 Å². The largest absolute Gasteiger partial charge is 0.192 e. The van der Waals surface area contributed by atoms with Gasteiger partial charge in [-0.05, 0) is 40.5 Å². The molecule has 0 spiro atoms. The molecular formula is C21H19N. The number of hydrogen-bond donors (Lipinski definition) is 0. The summed E-state index contributed by atoms with van der Waals surface area (Å²) in [6.45, 7) is 4.00. The molecular weight excluding hydrogens is 266 g/mol. The molecule has 22 heavy (non-hydrogen) atoms. The predicted octanol–water partition coefficient (Wildman–Crippen LogP) is 5.92. The van der Waals surface area contributed by atoms with Crippen LogP contribution in [0.3, 0.4) is 0 Å². The van der Waals surface area contributed by atoms with Gasteiger partial charge in [-0.1, -0.05) is 74.5 Å². The first-order valence-electron chi connectivity index (χ1n) is 7.53. The Bertz CT molecular complexity index is 695. The van der Waals surface area contributed by atoms with E-state index < -0.39 is 0 Å². The summed E-state index contributed by atoms with van der Waals surface area (Å²) in [7, 11) is 0. The topological polar surface area (TPSA) is 23.8 Å². The predicted molar refractivity (Wildman–Crippen MR) is 93.4 cm³/mol. The summed E-state index contributed by atoms with van der Waals surface area (Å²) in [5, 5.41) is 9.23. The van der Waals surface area contributed by atoms with Crippen molar-refractivity contribution in [2.75, 3.05) is 0 Å². The minimum absolute atomic E-state index is 0.685. The van der Waals surface area contributed by atoms with E-state index in [1.165, 1.54) is 0 Å². The fraction of sp³-hybridized carbons (Fsp3) is 0.0952. The fourth-order valence-electron chi connectivity index (χ4n) is 2.29. The van der Waals surface area contributed by atoms with Gasteiger partial charge in [0.2, 0.25) is 0 Å². The first-order valence-corrected chi connectivity index (χ1v) is 7.53. The third kappa shape index (κ3) is 3.62. The number of nitrogens with zero attached hydrogens (tertiary/aromatic N) is 1. The highest BCUT2D eigenvalue weighted by Crippen LogP contribution is 2.27. The van der Waals surface area contributed by atoms with E-state index in [1.807, 2.05) is 62.4 Å². The van der Waals surface area contributed by atoms with Crippen LogP contribution in [0.25, 0.3) is 22.3 Å². The van der Waals surface area contributed by atoms with Gasteiger partial charge in [-0.3, -0.25) is 0 Å². The molecule has 0 unspecified atom stereocenters. The van der Waals surface area contributed by atoms with E-state index in [2.05, 4.69) is 36.4 Å². The Balaban J connectivity index is 0.000000847. The van der Waals surface area contributed by atoms with Crippen molar-refractivity contribution in [2.45, 2.75) is 13.8 Å². The van der Waals surface area contributed by atoms with Crippen LogP contribution in [0.2, 0.25) is 0 Å². The highest BCUT2D eigenvalue weighted by Gasteiger charge is 2.04. The van der Waals surface area contributed by atoms with Gasteiger partial charge in [-0.2, -0.15) is 5.26 Å². The van der Waals surface area contributed by atoms with Gasteiger partial charge in [0.25, 0.3) is 0 Å². The molecule has 0 amide bonds. The molecule has 1 nitrogen and oxygen atoms in total. The Morgan fingerprint density at radius 3 is 1.36 bits per heavy atom. The Morgan fingerprint density at radius 1 is 0.591 bits per heavy atom. The lowest BCUT2D eigenvalue weighted by molar-refractivity contribution is 1.48. The van der Waals surface area contributed by atoms with E-state index in [1.54, 1.807) is 0 Å². The molecule has 3 aromatic rings. The van der Waals surface area contributed by atoms with Gasteiger partial charge in [0.15, 0.2) is 0 Å². The van der Waals surface area contributed by atoms with Gasteiger partial charge in [-0.25, -0.2) is 0 Å². The van der Waals surface area contributed by atoms with Gasteiger partial charge in [0, 0.05) is 0 Å². The maximum atomic E-state index is 9.23. The maximum absolute atomic E-state index is 9.23. The normalized spacial score (nSPS) is 9.32. The molecule has 0 saturated carbocycles. The second kappa shape index (κ2) is 7.81. The molecule has 0 bridgehead atoms. The van der Waals surface area contributed by atoms with Crippen molar-refractivity contribution in [3.05, 3.63) is 84.4 Å². The van der Waals surface area contributed by atoms with Crippen LogP contribution in [0.5, 0.6) is 0 Å². The van der Waals surface area contributed by atoms with Crippen LogP contribution in [0.4, 0.5) is 0 Å². The highest BCUT2D eigenvalue weighted by molar-refractivity contribution is 5.75. The second-order valence-electron chi connectivity index (χ2n) is 4.64. The Labute approximate surface area is 132 Å². The molecule has 0 heterocycles. The molecule has 3 aromatic carbocycles. The van der Waals surface area contributed by atoms with Crippen LogP contribution >= 0.6 is 0 Å². The number of rotatable bonds is 2. The van der Waals surface area contributed by atoms with Crippen LogP contribution in [-0.2, 0) is 0 Å². The number of hydrogen-bond acceptors (Lipinski definition) is 1. The molecule has 0 aliphatic carbocycles. The molecule has 0 aromatic heterocycles. The van der Waals surface area contributed by atoms with Gasteiger partial charge in [0.05, 0.1) is 11.6 Å². The average Bonchev–Trinajstić information content (AvgIpc) is 2.64. The molecule has 0 aliphatic rings. The summed E-state index contributed by atoms with van der Waals surface area (Å²) < 4.78 is 0. The Hall–Kier alpha value is -2.85. The zero-order valence-electron chi connectivity index (χ0n) is 13.0. The van der Waals surface area contributed by atoms with Gasteiger partial charge in [-0.15, -0.1) is 0 Å².